The van der Waals surface area contributed by atoms with E-state index in [4.69, 9.17) is 0 Å². The molecule has 0 radical (unpaired) electrons. The van der Waals surface area contributed by atoms with Gasteiger partial charge in [-0.1, -0.05) is 6.07 Å². The maximum absolute atomic E-state index is 11.8. The third kappa shape index (κ3) is 5.99. The van der Waals surface area contributed by atoms with Gasteiger partial charge in [-0.25, -0.2) is 0 Å². The molecule has 5 nitrogen and oxygen atoms in total. The molecule has 1 aromatic rings. The largest absolute Gasteiger partial charge is 0.469 e. The fraction of sp³-hybridized carbons (Fsp3) is 0.500. The van der Waals surface area contributed by atoms with Gasteiger partial charge >= 0.3 is 5.97 Å². The van der Waals surface area contributed by atoms with Gasteiger partial charge in [0.1, 0.15) is 0 Å². The van der Waals surface area contributed by atoms with Crippen molar-refractivity contribution in [3.63, 3.8) is 0 Å². The molecule has 0 aliphatic heterocycles. The van der Waals surface area contributed by atoms with E-state index in [0.717, 1.165) is 5.69 Å². The summed E-state index contributed by atoms with van der Waals surface area (Å²) in [6, 6.07) is 5.67. The Morgan fingerprint density at radius 3 is 2.74 bits per heavy atom. The number of nitrogens with zero attached hydrogens (tertiary/aromatic N) is 2. The van der Waals surface area contributed by atoms with Gasteiger partial charge < -0.3 is 9.64 Å². The lowest BCUT2D eigenvalue weighted by Crippen LogP contribution is -2.28. The van der Waals surface area contributed by atoms with E-state index in [1.165, 1.54) is 7.11 Å². The molecule has 0 aliphatic rings. The first kappa shape index (κ1) is 15.1. The van der Waals surface area contributed by atoms with Crippen molar-refractivity contribution in [1.29, 1.82) is 0 Å². The molecular weight excluding hydrogens is 244 g/mol. The molecule has 0 aromatic carbocycles. The quantitative estimate of drug-likeness (QED) is 0.699. The van der Waals surface area contributed by atoms with Crippen molar-refractivity contribution in [3.05, 3.63) is 30.1 Å². The third-order valence-electron chi connectivity index (χ3n) is 2.85. The Balaban J connectivity index is 2.23. The van der Waals surface area contributed by atoms with Crippen LogP contribution in [-0.4, -0.2) is 42.5 Å². The van der Waals surface area contributed by atoms with E-state index in [0.29, 0.717) is 32.2 Å². The van der Waals surface area contributed by atoms with Crippen LogP contribution in [0.2, 0.25) is 0 Å². The summed E-state index contributed by atoms with van der Waals surface area (Å²) < 4.78 is 4.55. The van der Waals surface area contributed by atoms with Crippen molar-refractivity contribution in [2.24, 2.45) is 0 Å². The highest BCUT2D eigenvalue weighted by Gasteiger charge is 2.10. The number of methoxy groups -OCH3 is 1. The normalized spacial score (nSPS) is 10.0. The van der Waals surface area contributed by atoms with Gasteiger partial charge in [-0.2, -0.15) is 0 Å². The van der Waals surface area contributed by atoms with Crippen molar-refractivity contribution in [2.45, 2.75) is 25.7 Å². The van der Waals surface area contributed by atoms with Gasteiger partial charge in [-0.05, 0) is 25.0 Å². The van der Waals surface area contributed by atoms with Gasteiger partial charge in [0.25, 0.3) is 0 Å². The summed E-state index contributed by atoms with van der Waals surface area (Å²) in [5.41, 5.74) is 0.916. The van der Waals surface area contributed by atoms with E-state index in [-0.39, 0.29) is 11.9 Å². The van der Waals surface area contributed by atoms with Crippen LogP contribution in [0, 0.1) is 0 Å². The van der Waals surface area contributed by atoms with Gasteiger partial charge in [0.2, 0.25) is 5.91 Å². The summed E-state index contributed by atoms with van der Waals surface area (Å²) >= 11 is 0. The van der Waals surface area contributed by atoms with Crippen molar-refractivity contribution in [3.8, 4) is 0 Å². The van der Waals surface area contributed by atoms with Crippen LogP contribution in [0.4, 0.5) is 0 Å². The highest BCUT2D eigenvalue weighted by Crippen LogP contribution is 2.02. The molecule has 1 amide bonds. The lowest BCUT2D eigenvalue weighted by atomic mass is 10.2. The first-order valence-electron chi connectivity index (χ1n) is 6.34. The van der Waals surface area contributed by atoms with E-state index in [1.807, 2.05) is 18.2 Å². The molecule has 0 unspecified atom stereocenters. The van der Waals surface area contributed by atoms with Crippen LogP contribution < -0.4 is 0 Å². The van der Waals surface area contributed by atoms with Crippen LogP contribution in [0.5, 0.6) is 0 Å². The minimum absolute atomic E-state index is 0.0653. The molecular formula is C14H20N2O3. The Hall–Kier alpha value is -1.91. The van der Waals surface area contributed by atoms with Gasteiger partial charge in [-0.15, -0.1) is 0 Å². The van der Waals surface area contributed by atoms with Crippen molar-refractivity contribution >= 4 is 11.9 Å². The standard InChI is InChI=1S/C14H20N2O3/c1-16(11-5-7-14(18)19-2)13(17)9-8-12-6-3-4-10-15-12/h3-4,6,10H,5,7-9,11H2,1-2H3. The minimum atomic E-state index is -0.241. The summed E-state index contributed by atoms with van der Waals surface area (Å²) in [6.45, 7) is 0.566. The second kappa shape index (κ2) is 8.24. The molecule has 5 heteroatoms. The molecule has 0 bridgehead atoms. The average molecular weight is 264 g/mol. The smallest absolute Gasteiger partial charge is 0.305 e. The Labute approximate surface area is 113 Å². The number of aryl methyl sites for hydroxylation is 1. The van der Waals surface area contributed by atoms with Gasteiger partial charge in [0.05, 0.1) is 7.11 Å². The number of esters is 1. The monoisotopic (exact) mass is 264 g/mol. The number of hydrogen-bond donors (Lipinski definition) is 0. The maximum Gasteiger partial charge on any atom is 0.305 e. The molecule has 104 valence electrons. The molecule has 0 saturated carbocycles. The number of rotatable bonds is 7. The highest BCUT2D eigenvalue weighted by atomic mass is 16.5. The Bertz CT molecular complexity index is 406. The van der Waals surface area contributed by atoms with Crippen molar-refractivity contribution in [2.75, 3.05) is 20.7 Å². The number of carbonyl (C=O) groups is 2. The number of amides is 1. The van der Waals surface area contributed by atoms with E-state index >= 15 is 0 Å². The van der Waals surface area contributed by atoms with E-state index in [9.17, 15) is 9.59 Å². The molecule has 1 aromatic heterocycles. The lowest BCUT2D eigenvalue weighted by molar-refractivity contribution is -0.141. The molecule has 19 heavy (non-hydrogen) atoms. The van der Waals surface area contributed by atoms with Crippen LogP contribution in [0.1, 0.15) is 25.0 Å². The Morgan fingerprint density at radius 2 is 2.11 bits per heavy atom. The third-order valence-corrected chi connectivity index (χ3v) is 2.85. The lowest BCUT2D eigenvalue weighted by Gasteiger charge is -2.16. The van der Waals surface area contributed by atoms with Crippen LogP contribution in [0.3, 0.4) is 0 Å². The second-order valence-electron chi connectivity index (χ2n) is 4.32. The van der Waals surface area contributed by atoms with Crippen LogP contribution in [0.25, 0.3) is 0 Å². The van der Waals surface area contributed by atoms with Gasteiger partial charge in [0.15, 0.2) is 0 Å². The number of ether oxygens (including phenoxy) is 1. The summed E-state index contributed by atoms with van der Waals surface area (Å²) in [5.74, 6) is -0.176. The first-order chi connectivity index (χ1) is 9.13. The SMILES string of the molecule is COC(=O)CCCN(C)C(=O)CCc1ccccn1. The maximum atomic E-state index is 11.8. The second-order valence-corrected chi connectivity index (χ2v) is 4.32. The van der Waals surface area contributed by atoms with Crippen LogP contribution in [0.15, 0.2) is 24.4 Å². The number of pyridine rings is 1. The number of aromatic nitrogens is 1. The summed E-state index contributed by atoms with van der Waals surface area (Å²) in [4.78, 5) is 28.6. The molecule has 0 atom stereocenters. The molecule has 0 fully saturated rings. The molecule has 0 saturated heterocycles. The summed E-state index contributed by atoms with van der Waals surface area (Å²) in [5, 5.41) is 0. The average Bonchev–Trinajstić information content (AvgIpc) is 2.45. The van der Waals surface area contributed by atoms with Crippen molar-refractivity contribution < 1.29 is 14.3 Å². The minimum Gasteiger partial charge on any atom is -0.469 e. The zero-order chi connectivity index (χ0) is 14.1. The highest BCUT2D eigenvalue weighted by molar-refractivity contribution is 5.76. The van der Waals surface area contributed by atoms with Crippen LogP contribution >= 0.6 is 0 Å². The zero-order valence-corrected chi connectivity index (χ0v) is 11.5. The fourth-order valence-electron chi connectivity index (χ4n) is 1.66. The molecule has 1 heterocycles. The van der Waals surface area contributed by atoms with E-state index in [1.54, 1.807) is 18.1 Å². The summed E-state index contributed by atoms with van der Waals surface area (Å²) in [6.07, 6.45) is 3.76. The van der Waals surface area contributed by atoms with Gasteiger partial charge in [-0.3, -0.25) is 14.6 Å². The molecule has 1 rings (SSSR count). The Kier molecular flexibility index (Phi) is 6.57. The molecule has 0 spiro atoms. The number of hydrogen-bond acceptors (Lipinski definition) is 4. The van der Waals surface area contributed by atoms with Gasteiger partial charge in [0, 0.05) is 38.3 Å². The summed E-state index contributed by atoms with van der Waals surface area (Å²) in [7, 11) is 3.11. The fourth-order valence-corrected chi connectivity index (χ4v) is 1.66. The van der Waals surface area contributed by atoms with Crippen molar-refractivity contribution in [1.82, 2.24) is 9.88 Å². The predicted octanol–water partition coefficient (Wildman–Crippen LogP) is 1.43. The number of carbonyl (C=O) groups excluding carboxylic acids is 2. The zero-order valence-electron chi connectivity index (χ0n) is 11.5. The molecule has 0 N–H and O–H groups in total. The first-order valence-corrected chi connectivity index (χ1v) is 6.34. The topological polar surface area (TPSA) is 59.5 Å². The van der Waals surface area contributed by atoms with E-state index < -0.39 is 0 Å². The molecule has 0 aliphatic carbocycles. The predicted molar refractivity (Wildman–Crippen MR) is 71.4 cm³/mol. The Morgan fingerprint density at radius 1 is 1.32 bits per heavy atom. The van der Waals surface area contributed by atoms with E-state index in [2.05, 4.69) is 9.72 Å². The van der Waals surface area contributed by atoms with Crippen LogP contribution in [-0.2, 0) is 20.7 Å².